The zero-order valence-electron chi connectivity index (χ0n) is 15.7. The molecule has 0 unspecified atom stereocenters. The van der Waals surface area contributed by atoms with Crippen LogP contribution in [0.25, 0.3) is 29.1 Å². The second-order valence-corrected chi connectivity index (χ2v) is 6.43. The third-order valence-electron chi connectivity index (χ3n) is 4.72. The Morgan fingerprint density at radius 1 is 0.929 bits per heavy atom. The summed E-state index contributed by atoms with van der Waals surface area (Å²) in [6, 6.07) is 19.4. The maximum Gasteiger partial charge on any atom is 0.279 e. The molecule has 1 heterocycles. The number of hydrogen-bond acceptors (Lipinski definition) is 3. The molecule has 5 nitrogen and oxygen atoms in total. The molecule has 1 aromatic heterocycles. The molecule has 0 atom stereocenters. The Morgan fingerprint density at radius 3 is 2.43 bits per heavy atom. The number of aromatic nitrogens is 2. The molecule has 0 amide bonds. The van der Waals surface area contributed by atoms with Crippen LogP contribution in [0.5, 0.6) is 11.5 Å². The van der Waals surface area contributed by atoms with Gasteiger partial charge in [0, 0.05) is 0 Å². The lowest BCUT2D eigenvalue weighted by Gasteiger charge is -2.07. The molecule has 3 aromatic carbocycles. The fourth-order valence-corrected chi connectivity index (χ4v) is 3.25. The van der Waals surface area contributed by atoms with Gasteiger partial charge in [-0.2, -0.15) is 0 Å². The minimum atomic E-state index is -0.157. The molecular formula is C23H20N2O3. The summed E-state index contributed by atoms with van der Waals surface area (Å²) in [6.45, 7) is 4.00. The summed E-state index contributed by atoms with van der Waals surface area (Å²) in [6.07, 6.45) is 1.79. The Bertz CT molecular complexity index is 1330. The quantitative estimate of drug-likeness (QED) is 0.599. The third kappa shape index (κ3) is 3.07. The predicted molar refractivity (Wildman–Crippen MR) is 112 cm³/mol. The normalized spacial score (nSPS) is 11.7. The lowest BCUT2D eigenvalue weighted by atomic mass is 10.1. The lowest BCUT2D eigenvalue weighted by molar-refractivity contribution is 0.355. The largest absolute Gasteiger partial charge is 0.493 e. The standard InChI is InChI=1S/C23H20N2O3/c1-15-20(12-16-8-11-21(27-2)22(13-16)28-3)23(26)25(24-15)19-10-9-17-6-4-5-7-18(17)14-19/h4-14,24H,1H2,2-3H3/b20-12-. The van der Waals surface area contributed by atoms with Crippen molar-refractivity contribution in [3.05, 3.63) is 87.1 Å². The van der Waals surface area contributed by atoms with Crippen molar-refractivity contribution in [2.24, 2.45) is 0 Å². The van der Waals surface area contributed by atoms with Crippen LogP contribution in [-0.2, 0) is 0 Å². The van der Waals surface area contributed by atoms with Crippen LogP contribution in [0.1, 0.15) is 5.56 Å². The van der Waals surface area contributed by atoms with Gasteiger partial charge in [-0.3, -0.25) is 9.89 Å². The summed E-state index contributed by atoms with van der Waals surface area (Å²) >= 11 is 0. The Balaban J connectivity index is 1.84. The number of nitrogens with one attached hydrogen (secondary N) is 1. The first-order valence-corrected chi connectivity index (χ1v) is 8.83. The smallest absolute Gasteiger partial charge is 0.279 e. The SMILES string of the molecule is C=c1[nH]n(-c2ccc3ccccc3c2)c(=O)/c1=C\c1ccc(OC)c(OC)c1. The molecule has 28 heavy (non-hydrogen) atoms. The third-order valence-corrected chi connectivity index (χ3v) is 4.72. The van der Waals surface area contributed by atoms with E-state index < -0.39 is 0 Å². The molecule has 0 fully saturated rings. The van der Waals surface area contributed by atoms with Crippen LogP contribution in [0.4, 0.5) is 0 Å². The van der Waals surface area contributed by atoms with Crippen molar-refractivity contribution in [2.75, 3.05) is 14.2 Å². The highest BCUT2D eigenvalue weighted by atomic mass is 16.5. The summed E-state index contributed by atoms with van der Waals surface area (Å²) in [5.74, 6) is 1.24. The van der Waals surface area contributed by atoms with Crippen LogP contribution in [0.2, 0.25) is 0 Å². The summed E-state index contributed by atoms with van der Waals surface area (Å²) in [5, 5.41) is 6.31. The fraction of sp³-hybridized carbons (Fsp3) is 0.0870. The van der Waals surface area contributed by atoms with Gasteiger partial charge >= 0.3 is 0 Å². The van der Waals surface area contributed by atoms with E-state index in [1.54, 1.807) is 20.3 Å². The van der Waals surface area contributed by atoms with E-state index in [0.717, 1.165) is 22.0 Å². The zero-order valence-corrected chi connectivity index (χ0v) is 15.7. The summed E-state index contributed by atoms with van der Waals surface area (Å²) in [4.78, 5) is 13.0. The van der Waals surface area contributed by atoms with Crippen molar-refractivity contribution in [2.45, 2.75) is 0 Å². The summed E-state index contributed by atoms with van der Waals surface area (Å²) < 4.78 is 12.1. The van der Waals surface area contributed by atoms with Gasteiger partial charge in [0.1, 0.15) is 0 Å². The highest BCUT2D eigenvalue weighted by Crippen LogP contribution is 2.27. The number of H-pyrrole nitrogens is 1. The zero-order chi connectivity index (χ0) is 19.7. The van der Waals surface area contributed by atoms with E-state index in [0.29, 0.717) is 22.1 Å². The minimum absolute atomic E-state index is 0.157. The van der Waals surface area contributed by atoms with Crippen molar-refractivity contribution in [1.82, 2.24) is 9.78 Å². The van der Waals surface area contributed by atoms with E-state index in [4.69, 9.17) is 9.47 Å². The first-order chi connectivity index (χ1) is 13.6. The lowest BCUT2D eigenvalue weighted by Crippen LogP contribution is -2.33. The highest BCUT2D eigenvalue weighted by molar-refractivity contribution is 5.84. The molecule has 5 heteroatoms. The highest BCUT2D eigenvalue weighted by Gasteiger charge is 2.07. The van der Waals surface area contributed by atoms with E-state index in [1.807, 2.05) is 60.7 Å². The van der Waals surface area contributed by atoms with Gasteiger partial charge in [-0.05, 0) is 46.7 Å². The number of hydrogen-bond donors (Lipinski definition) is 1. The van der Waals surface area contributed by atoms with Gasteiger partial charge in [-0.15, -0.1) is 0 Å². The molecular weight excluding hydrogens is 352 g/mol. The molecule has 0 saturated carbocycles. The molecule has 0 saturated heterocycles. The topological polar surface area (TPSA) is 56.2 Å². The molecule has 0 aliphatic rings. The van der Waals surface area contributed by atoms with Crippen molar-refractivity contribution in [3.8, 4) is 17.2 Å². The van der Waals surface area contributed by atoms with Crippen LogP contribution in [-0.4, -0.2) is 24.0 Å². The van der Waals surface area contributed by atoms with Gasteiger partial charge < -0.3 is 9.47 Å². The van der Waals surface area contributed by atoms with E-state index in [9.17, 15) is 4.79 Å². The summed E-state index contributed by atoms with van der Waals surface area (Å²) in [5.41, 5.74) is 1.43. The Kier molecular flexibility index (Phi) is 4.49. The van der Waals surface area contributed by atoms with Gasteiger partial charge in [0.2, 0.25) is 0 Å². The van der Waals surface area contributed by atoms with Crippen LogP contribution in [0.3, 0.4) is 0 Å². The van der Waals surface area contributed by atoms with Crippen molar-refractivity contribution < 1.29 is 9.47 Å². The minimum Gasteiger partial charge on any atom is -0.493 e. The van der Waals surface area contributed by atoms with E-state index in [2.05, 4.69) is 11.7 Å². The molecule has 140 valence electrons. The number of rotatable bonds is 4. The number of nitrogens with zero attached hydrogens (tertiary/aromatic N) is 1. The average molecular weight is 372 g/mol. The van der Waals surface area contributed by atoms with Gasteiger partial charge in [-0.25, -0.2) is 4.68 Å². The van der Waals surface area contributed by atoms with E-state index in [-0.39, 0.29) is 5.56 Å². The monoisotopic (exact) mass is 372 g/mol. The Labute approximate surface area is 161 Å². The Hall–Kier alpha value is -3.73. The van der Waals surface area contributed by atoms with Crippen molar-refractivity contribution >= 4 is 23.4 Å². The maximum absolute atomic E-state index is 13.0. The van der Waals surface area contributed by atoms with Gasteiger partial charge in [0.25, 0.3) is 5.56 Å². The first kappa shape index (κ1) is 17.7. The van der Waals surface area contributed by atoms with Gasteiger partial charge in [0.05, 0.1) is 30.5 Å². The maximum atomic E-state index is 13.0. The number of methoxy groups -OCH3 is 2. The van der Waals surface area contributed by atoms with Gasteiger partial charge in [-0.1, -0.05) is 43.0 Å². The van der Waals surface area contributed by atoms with E-state index >= 15 is 0 Å². The number of aromatic amines is 1. The molecule has 0 radical (unpaired) electrons. The predicted octanol–water partition coefficient (Wildman–Crippen LogP) is 2.58. The van der Waals surface area contributed by atoms with Crippen LogP contribution >= 0.6 is 0 Å². The van der Waals surface area contributed by atoms with Gasteiger partial charge in [0.15, 0.2) is 11.5 Å². The fourth-order valence-electron chi connectivity index (χ4n) is 3.25. The molecule has 0 aliphatic heterocycles. The number of benzene rings is 3. The first-order valence-electron chi connectivity index (χ1n) is 8.83. The second-order valence-electron chi connectivity index (χ2n) is 6.43. The van der Waals surface area contributed by atoms with Crippen LogP contribution < -0.4 is 25.6 Å². The molecule has 0 aliphatic carbocycles. The van der Waals surface area contributed by atoms with E-state index in [1.165, 1.54) is 4.68 Å². The molecule has 4 rings (SSSR count). The van der Waals surface area contributed by atoms with Crippen LogP contribution in [0.15, 0.2) is 65.5 Å². The summed E-state index contributed by atoms with van der Waals surface area (Å²) in [7, 11) is 3.17. The second kappa shape index (κ2) is 7.12. The molecule has 4 aromatic rings. The Morgan fingerprint density at radius 2 is 1.68 bits per heavy atom. The number of ether oxygens (including phenoxy) is 2. The molecule has 0 spiro atoms. The van der Waals surface area contributed by atoms with Crippen molar-refractivity contribution in [1.29, 1.82) is 0 Å². The molecule has 0 bridgehead atoms. The molecule has 1 N–H and O–H groups in total. The van der Waals surface area contributed by atoms with Crippen molar-refractivity contribution in [3.63, 3.8) is 0 Å². The van der Waals surface area contributed by atoms with Crippen LogP contribution in [0, 0.1) is 0 Å². The average Bonchev–Trinajstić information content (AvgIpc) is 3.01. The number of fused-ring (bicyclic) bond motifs is 1.